The monoisotopic (exact) mass is 296 g/mol. The summed E-state index contributed by atoms with van der Waals surface area (Å²) in [6.45, 7) is 16.7. The van der Waals surface area contributed by atoms with E-state index in [9.17, 15) is 0 Å². The third-order valence-electron chi connectivity index (χ3n) is 5.25. The van der Waals surface area contributed by atoms with Crippen LogP contribution in [0.2, 0.25) is 0 Å². The molecule has 1 aliphatic carbocycles. The first-order valence-corrected chi connectivity index (χ1v) is 9.45. The molecule has 0 aromatic heterocycles. The lowest BCUT2D eigenvalue weighted by Crippen LogP contribution is -2.46. The van der Waals surface area contributed by atoms with Gasteiger partial charge in [0.05, 0.1) is 0 Å². The van der Waals surface area contributed by atoms with Crippen LogP contribution in [0.3, 0.4) is 0 Å². The summed E-state index contributed by atoms with van der Waals surface area (Å²) >= 11 is 0. The maximum atomic E-state index is 3.66. The summed E-state index contributed by atoms with van der Waals surface area (Å²) in [5, 5.41) is 3.66. The highest BCUT2D eigenvalue weighted by molar-refractivity contribution is 4.85. The normalized spacial score (nSPS) is 19.6. The average molecular weight is 297 g/mol. The highest BCUT2D eigenvalue weighted by Gasteiger charge is 2.30. The van der Waals surface area contributed by atoms with Crippen LogP contribution in [0.15, 0.2) is 0 Å². The van der Waals surface area contributed by atoms with Gasteiger partial charge in [-0.3, -0.25) is 4.90 Å². The summed E-state index contributed by atoms with van der Waals surface area (Å²) < 4.78 is 0. The first kappa shape index (κ1) is 19.0. The van der Waals surface area contributed by atoms with Gasteiger partial charge < -0.3 is 5.32 Å². The van der Waals surface area contributed by atoms with Crippen molar-refractivity contribution in [3.05, 3.63) is 0 Å². The fourth-order valence-corrected chi connectivity index (χ4v) is 3.43. The minimum absolute atomic E-state index is 0.425. The molecule has 0 radical (unpaired) electrons. The molecule has 21 heavy (non-hydrogen) atoms. The van der Waals surface area contributed by atoms with Crippen molar-refractivity contribution < 1.29 is 0 Å². The molecule has 1 N–H and O–H groups in total. The van der Waals surface area contributed by atoms with E-state index in [1.807, 2.05) is 0 Å². The predicted octanol–water partition coefficient (Wildman–Crippen LogP) is 4.69. The Hall–Kier alpha value is -0.0800. The van der Waals surface area contributed by atoms with E-state index >= 15 is 0 Å². The lowest BCUT2D eigenvalue weighted by atomic mass is 9.86. The highest BCUT2D eigenvalue weighted by Crippen LogP contribution is 2.29. The molecule has 0 heterocycles. The van der Waals surface area contributed by atoms with Gasteiger partial charge in [0.25, 0.3) is 0 Å². The molecular formula is C19H40N2. The average Bonchev–Trinajstić information content (AvgIpc) is 2.97. The van der Waals surface area contributed by atoms with Crippen LogP contribution in [0.5, 0.6) is 0 Å². The maximum Gasteiger partial charge on any atom is 0.00955 e. The molecule has 2 nitrogen and oxygen atoms in total. The number of nitrogens with one attached hydrogen (secondary N) is 1. The van der Waals surface area contributed by atoms with E-state index in [4.69, 9.17) is 0 Å². The van der Waals surface area contributed by atoms with Crippen LogP contribution in [-0.2, 0) is 0 Å². The van der Waals surface area contributed by atoms with E-state index in [1.54, 1.807) is 0 Å². The zero-order valence-corrected chi connectivity index (χ0v) is 15.4. The third kappa shape index (κ3) is 7.15. The number of nitrogens with zero attached hydrogens (tertiary/aromatic N) is 1. The second-order valence-electron chi connectivity index (χ2n) is 7.93. The lowest BCUT2D eigenvalue weighted by Gasteiger charge is -2.39. The largest absolute Gasteiger partial charge is 0.316 e. The second kappa shape index (κ2) is 9.84. The van der Waals surface area contributed by atoms with Gasteiger partial charge in [-0.1, -0.05) is 47.5 Å². The standard InChI is InChI=1S/C19H40N2/c1-6-13-20-15-19(5,7-2)16-21(14-12-17(3)4)18-10-8-9-11-18/h17-18,20H,6-16H2,1-5H3. The van der Waals surface area contributed by atoms with Gasteiger partial charge >= 0.3 is 0 Å². The van der Waals surface area contributed by atoms with Crippen LogP contribution in [-0.4, -0.2) is 37.1 Å². The van der Waals surface area contributed by atoms with E-state index in [-0.39, 0.29) is 0 Å². The molecule has 1 rings (SSSR count). The second-order valence-corrected chi connectivity index (χ2v) is 7.93. The molecule has 0 aromatic rings. The SMILES string of the molecule is CCCNCC(C)(CC)CN(CCC(C)C)C1CCCC1. The Kier molecular flexibility index (Phi) is 8.89. The Morgan fingerprint density at radius 1 is 1.19 bits per heavy atom. The molecule has 0 bridgehead atoms. The number of rotatable bonds is 11. The maximum absolute atomic E-state index is 3.66. The Bertz CT molecular complexity index is 258. The fraction of sp³-hybridized carbons (Fsp3) is 1.00. The summed E-state index contributed by atoms with van der Waals surface area (Å²) in [5.41, 5.74) is 0.425. The van der Waals surface area contributed by atoms with Crippen LogP contribution < -0.4 is 5.32 Å². The molecule has 0 aromatic carbocycles. The molecule has 0 aliphatic heterocycles. The summed E-state index contributed by atoms with van der Waals surface area (Å²) in [6.07, 6.45) is 9.60. The van der Waals surface area contributed by atoms with Crippen LogP contribution in [0.1, 0.15) is 79.6 Å². The zero-order chi connectivity index (χ0) is 15.7. The minimum Gasteiger partial charge on any atom is -0.316 e. The molecule has 1 fully saturated rings. The summed E-state index contributed by atoms with van der Waals surface area (Å²) in [6, 6.07) is 0.862. The Morgan fingerprint density at radius 2 is 1.86 bits per heavy atom. The molecule has 1 unspecified atom stereocenters. The van der Waals surface area contributed by atoms with E-state index < -0.39 is 0 Å². The summed E-state index contributed by atoms with van der Waals surface area (Å²) in [7, 11) is 0. The van der Waals surface area contributed by atoms with Crippen molar-refractivity contribution in [2.75, 3.05) is 26.2 Å². The van der Waals surface area contributed by atoms with Gasteiger partial charge in [0.1, 0.15) is 0 Å². The van der Waals surface area contributed by atoms with Crippen LogP contribution >= 0.6 is 0 Å². The van der Waals surface area contributed by atoms with Gasteiger partial charge in [-0.2, -0.15) is 0 Å². The van der Waals surface area contributed by atoms with Gasteiger partial charge in [-0.05, 0) is 56.5 Å². The first-order valence-electron chi connectivity index (χ1n) is 9.45. The summed E-state index contributed by atoms with van der Waals surface area (Å²) in [4.78, 5) is 2.84. The van der Waals surface area contributed by atoms with Gasteiger partial charge in [0.15, 0.2) is 0 Å². The zero-order valence-electron chi connectivity index (χ0n) is 15.4. The van der Waals surface area contributed by atoms with E-state index in [2.05, 4.69) is 44.8 Å². The van der Waals surface area contributed by atoms with Crippen molar-refractivity contribution in [3.63, 3.8) is 0 Å². The number of hydrogen-bond donors (Lipinski definition) is 1. The molecule has 0 amide bonds. The lowest BCUT2D eigenvalue weighted by molar-refractivity contribution is 0.109. The molecule has 0 saturated heterocycles. The predicted molar refractivity (Wildman–Crippen MR) is 94.8 cm³/mol. The molecule has 2 heteroatoms. The Morgan fingerprint density at radius 3 is 2.38 bits per heavy atom. The molecule has 0 spiro atoms. The topological polar surface area (TPSA) is 15.3 Å². The third-order valence-corrected chi connectivity index (χ3v) is 5.25. The minimum atomic E-state index is 0.425. The fourth-order valence-electron chi connectivity index (χ4n) is 3.43. The van der Waals surface area contributed by atoms with E-state index in [0.29, 0.717) is 5.41 Å². The van der Waals surface area contributed by atoms with Crippen molar-refractivity contribution >= 4 is 0 Å². The van der Waals surface area contributed by atoms with Crippen molar-refractivity contribution in [3.8, 4) is 0 Å². The molecular weight excluding hydrogens is 256 g/mol. The van der Waals surface area contributed by atoms with Crippen molar-refractivity contribution in [1.29, 1.82) is 0 Å². The van der Waals surface area contributed by atoms with Gasteiger partial charge in [0.2, 0.25) is 0 Å². The van der Waals surface area contributed by atoms with Crippen LogP contribution in [0.4, 0.5) is 0 Å². The summed E-state index contributed by atoms with van der Waals surface area (Å²) in [5.74, 6) is 0.819. The van der Waals surface area contributed by atoms with Gasteiger partial charge in [-0.15, -0.1) is 0 Å². The number of hydrogen-bond acceptors (Lipinski definition) is 2. The van der Waals surface area contributed by atoms with Crippen LogP contribution in [0, 0.1) is 11.3 Å². The van der Waals surface area contributed by atoms with Crippen LogP contribution in [0.25, 0.3) is 0 Å². The molecule has 1 aliphatic rings. The quantitative estimate of drug-likeness (QED) is 0.556. The first-order chi connectivity index (χ1) is 10.0. The van der Waals surface area contributed by atoms with Gasteiger partial charge in [0, 0.05) is 19.1 Å². The highest BCUT2D eigenvalue weighted by atomic mass is 15.2. The van der Waals surface area contributed by atoms with Crippen molar-refractivity contribution in [1.82, 2.24) is 10.2 Å². The van der Waals surface area contributed by atoms with Gasteiger partial charge in [-0.25, -0.2) is 0 Å². The smallest absolute Gasteiger partial charge is 0.00955 e. The Labute approximate surface area is 134 Å². The van der Waals surface area contributed by atoms with E-state index in [1.165, 1.54) is 64.6 Å². The Balaban J connectivity index is 2.58. The van der Waals surface area contributed by atoms with E-state index in [0.717, 1.165) is 18.5 Å². The molecule has 1 saturated carbocycles. The van der Waals surface area contributed by atoms with Crippen molar-refractivity contribution in [2.24, 2.45) is 11.3 Å². The molecule has 1 atom stereocenters. The van der Waals surface area contributed by atoms with Crippen molar-refractivity contribution in [2.45, 2.75) is 85.6 Å². The molecule has 126 valence electrons.